The summed E-state index contributed by atoms with van der Waals surface area (Å²) in [6.07, 6.45) is 1.36. The lowest BCUT2D eigenvalue weighted by atomic mass is 10.1. The number of carbonyl (C=O) groups is 2. The Hall–Kier alpha value is -1.10. The van der Waals surface area contributed by atoms with Crippen molar-refractivity contribution < 1.29 is 19.8 Å². The summed E-state index contributed by atoms with van der Waals surface area (Å²) in [4.78, 5) is 22.5. The van der Waals surface area contributed by atoms with Crippen molar-refractivity contribution in [3.05, 3.63) is 0 Å². The molecule has 0 spiro atoms. The normalized spacial score (nSPS) is 26.2. The van der Waals surface area contributed by atoms with E-state index in [1.165, 1.54) is 0 Å². The fourth-order valence-corrected chi connectivity index (χ4v) is 2.15. The largest absolute Gasteiger partial charge is 0.481 e. The molecule has 16 heavy (non-hydrogen) atoms. The van der Waals surface area contributed by atoms with Gasteiger partial charge in [-0.2, -0.15) is 0 Å². The molecule has 2 atom stereocenters. The molecule has 0 radical (unpaired) electrons. The molecule has 1 aliphatic carbocycles. The van der Waals surface area contributed by atoms with Gasteiger partial charge >= 0.3 is 5.97 Å². The number of hydrogen-bond donors (Lipinski definition) is 3. The molecule has 2 unspecified atom stereocenters. The number of carboxylic acid groups (broad SMARTS) is 1. The van der Waals surface area contributed by atoms with Crippen LogP contribution < -0.4 is 5.32 Å². The van der Waals surface area contributed by atoms with E-state index in [4.69, 9.17) is 10.2 Å². The van der Waals surface area contributed by atoms with E-state index in [9.17, 15) is 9.59 Å². The van der Waals surface area contributed by atoms with Crippen molar-refractivity contribution in [2.45, 2.75) is 26.7 Å². The molecular formula is C11H19NO4. The third kappa shape index (κ3) is 2.52. The predicted molar refractivity (Wildman–Crippen MR) is 57.7 cm³/mol. The van der Waals surface area contributed by atoms with Gasteiger partial charge in [-0.25, -0.2) is 0 Å². The van der Waals surface area contributed by atoms with Crippen LogP contribution in [0, 0.1) is 17.3 Å². The van der Waals surface area contributed by atoms with Crippen LogP contribution >= 0.6 is 0 Å². The van der Waals surface area contributed by atoms with Gasteiger partial charge in [0.05, 0.1) is 11.8 Å². The maximum Gasteiger partial charge on any atom is 0.307 e. The topological polar surface area (TPSA) is 86.6 Å². The Balaban J connectivity index is 2.36. The predicted octanol–water partition coefficient (Wildman–Crippen LogP) is 0.232. The molecule has 1 fully saturated rings. The number of aliphatic hydroxyl groups excluding tert-OH is 1. The van der Waals surface area contributed by atoms with Crippen LogP contribution in [0.2, 0.25) is 0 Å². The van der Waals surface area contributed by atoms with Gasteiger partial charge < -0.3 is 15.5 Å². The number of aliphatic hydroxyl groups is 1. The van der Waals surface area contributed by atoms with Crippen LogP contribution in [0.3, 0.4) is 0 Å². The van der Waals surface area contributed by atoms with Gasteiger partial charge in [-0.15, -0.1) is 0 Å². The Labute approximate surface area is 94.8 Å². The van der Waals surface area contributed by atoms with Gasteiger partial charge in [-0.05, 0) is 18.3 Å². The van der Waals surface area contributed by atoms with Crippen molar-refractivity contribution in [3.8, 4) is 0 Å². The summed E-state index contributed by atoms with van der Waals surface area (Å²) >= 11 is 0. The van der Waals surface area contributed by atoms with E-state index in [2.05, 4.69) is 5.32 Å². The van der Waals surface area contributed by atoms with Crippen molar-refractivity contribution in [2.75, 3.05) is 13.2 Å². The van der Waals surface area contributed by atoms with Crippen LogP contribution in [-0.2, 0) is 9.59 Å². The van der Waals surface area contributed by atoms with Crippen molar-refractivity contribution in [1.29, 1.82) is 0 Å². The molecule has 0 aromatic rings. The summed E-state index contributed by atoms with van der Waals surface area (Å²) in [6, 6.07) is 0. The zero-order valence-corrected chi connectivity index (χ0v) is 9.69. The van der Waals surface area contributed by atoms with E-state index in [0.717, 1.165) is 0 Å². The number of amides is 1. The summed E-state index contributed by atoms with van der Waals surface area (Å²) in [5, 5.41) is 20.2. The number of rotatable bonds is 6. The molecule has 5 heteroatoms. The van der Waals surface area contributed by atoms with E-state index in [1.54, 1.807) is 13.8 Å². The second kappa shape index (κ2) is 4.82. The van der Waals surface area contributed by atoms with Gasteiger partial charge in [0.25, 0.3) is 0 Å². The molecule has 1 rings (SSSR count). The lowest BCUT2D eigenvalue weighted by Gasteiger charge is -2.04. The molecule has 0 aliphatic heterocycles. The highest BCUT2D eigenvalue weighted by Crippen LogP contribution is 2.58. The van der Waals surface area contributed by atoms with Gasteiger partial charge in [-0.1, -0.05) is 13.8 Å². The highest BCUT2D eigenvalue weighted by atomic mass is 16.4. The number of nitrogens with one attached hydrogen (secondary N) is 1. The van der Waals surface area contributed by atoms with Crippen LogP contribution in [-0.4, -0.2) is 35.2 Å². The molecule has 5 nitrogen and oxygen atoms in total. The van der Waals surface area contributed by atoms with E-state index >= 15 is 0 Å². The molecule has 0 aromatic heterocycles. The Kier molecular flexibility index (Phi) is 3.91. The minimum atomic E-state index is -0.902. The average molecular weight is 229 g/mol. The minimum absolute atomic E-state index is 0.114. The second-order valence-electron chi connectivity index (χ2n) is 4.84. The maximum absolute atomic E-state index is 11.7. The Morgan fingerprint density at radius 3 is 2.31 bits per heavy atom. The second-order valence-corrected chi connectivity index (χ2v) is 4.84. The summed E-state index contributed by atoms with van der Waals surface area (Å²) < 4.78 is 0. The van der Waals surface area contributed by atoms with Gasteiger partial charge in [0, 0.05) is 13.2 Å². The first kappa shape index (κ1) is 13.0. The van der Waals surface area contributed by atoms with Gasteiger partial charge in [0.15, 0.2) is 0 Å². The standard InChI is InChI=1S/C11H19NO4/c1-11(2)7(8(11)10(15)16)9(14)12-5-3-4-6-13/h7-8,13H,3-6H2,1-2H3,(H,12,14)(H,15,16). The summed E-state index contributed by atoms with van der Waals surface area (Å²) in [6.45, 7) is 4.20. The van der Waals surface area contributed by atoms with E-state index in [-0.39, 0.29) is 12.5 Å². The number of carboxylic acids is 1. The Morgan fingerprint density at radius 1 is 1.25 bits per heavy atom. The van der Waals surface area contributed by atoms with Crippen molar-refractivity contribution >= 4 is 11.9 Å². The first-order chi connectivity index (χ1) is 7.42. The van der Waals surface area contributed by atoms with E-state index in [0.29, 0.717) is 19.4 Å². The van der Waals surface area contributed by atoms with Crippen LogP contribution in [0.25, 0.3) is 0 Å². The smallest absolute Gasteiger partial charge is 0.307 e. The zero-order valence-electron chi connectivity index (χ0n) is 9.69. The van der Waals surface area contributed by atoms with Crippen molar-refractivity contribution in [3.63, 3.8) is 0 Å². The summed E-state index contributed by atoms with van der Waals surface area (Å²) in [5.74, 6) is -2.07. The Morgan fingerprint density at radius 2 is 1.88 bits per heavy atom. The molecular weight excluding hydrogens is 210 g/mol. The van der Waals surface area contributed by atoms with Gasteiger partial charge in [-0.3, -0.25) is 9.59 Å². The first-order valence-corrected chi connectivity index (χ1v) is 5.54. The maximum atomic E-state index is 11.7. The van der Waals surface area contributed by atoms with Gasteiger partial charge in [0.2, 0.25) is 5.91 Å². The van der Waals surface area contributed by atoms with Crippen LogP contribution in [0.15, 0.2) is 0 Å². The SMILES string of the molecule is CC1(C)C(C(=O)O)C1C(=O)NCCCCO. The number of unbranched alkanes of at least 4 members (excludes halogenated alkanes) is 1. The number of aliphatic carboxylic acids is 1. The number of carbonyl (C=O) groups excluding carboxylic acids is 1. The molecule has 1 amide bonds. The van der Waals surface area contributed by atoms with E-state index < -0.39 is 23.2 Å². The lowest BCUT2D eigenvalue weighted by molar-refractivity contribution is -0.140. The van der Waals surface area contributed by atoms with Crippen molar-refractivity contribution in [2.24, 2.45) is 17.3 Å². The molecule has 92 valence electrons. The van der Waals surface area contributed by atoms with Crippen LogP contribution in [0.1, 0.15) is 26.7 Å². The zero-order chi connectivity index (χ0) is 12.3. The third-order valence-corrected chi connectivity index (χ3v) is 3.26. The first-order valence-electron chi connectivity index (χ1n) is 5.54. The summed E-state index contributed by atoms with van der Waals surface area (Å²) in [7, 11) is 0. The molecule has 0 bridgehead atoms. The summed E-state index contributed by atoms with van der Waals surface area (Å²) in [5.41, 5.74) is -0.438. The quantitative estimate of drug-likeness (QED) is 0.569. The Bertz CT molecular complexity index is 288. The lowest BCUT2D eigenvalue weighted by Crippen LogP contribution is -2.28. The average Bonchev–Trinajstić information content (AvgIpc) is 2.76. The third-order valence-electron chi connectivity index (χ3n) is 3.26. The van der Waals surface area contributed by atoms with Crippen LogP contribution in [0.4, 0.5) is 0 Å². The molecule has 0 aromatic carbocycles. The molecule has 1 aliphatic rings. The highest BCUT2D eigenvalue weighted by molar-refractivity contribution is 5.91. The monoisotopic (exact) mass is 229 g/mol. The fourth-order valence-electron chi connectivity index (χ4n) is 2.15. The van der Waals surface area contributed by atoms with Crippen molar-refractivity contribution in [1.82, 2.24) is 5.32 Å². The minimum Gasteiger partial charge on any atom is -0.481 e. The van der Waals surface area contributed by atoms with Gasteiger partial charge in [0.1, 0.15) is 0 Å². The molecule has 1 saturated carbocycles. The van der Waals surface area contributed by atoms with Crippen LogP contribution in [0.5, 0.6) is 0 Å². The fraction of sp³-hybridized carbons (Fsp3) is 0.818. The van der Waals surface area contributed by atoms with E-state index in [1.807, 2.05) is 0 Å². The molecule has 0 saturated heterocycles. The molecule has 0 heterocycles. The number of hydrogen-bond acceptors (Lipinski definition) is 3. The molecule has 3 N–H and O–H groups in total. The highest BCUT2D eigenvalue weighted by Gasteiger charge is 2.65.